The van der Waals surface area contributed by atoms with Crippen molar-refractivity contribution in [2.45, 2.75) is 18.8 Å². The average Bonchev–Trinajstić information content (AvgIpc) is 2.89. The Balaban J connectivity index is 1.88. The maximum Gasteiger partial charge on any atom is 0.196 e. The maximum atomic E-state index is 11.0. The summed E-state index contributed by atoms with van der Waals surface area (Å²) in [5.41, 5.74) is 2.46. The van der Waals surface area contributed by atoms with Gasteiger partial charge in [-0.05, 0) is 41.8 Å². The third-order valence-electron chi connectivity index (χ3n) is 3.54. The van der Waals surface area contributed by atoms with Crippen molar-refractivity contribution >= 4 is 40.6 Å². The molecule has 22 heavy (non-hydrogen) atoms. The largest absolute Gasteiger partial charge is 0.441 e. The molecule has 0 amide bonds. The van der Waals surface area contributed by atoms with E-state index in [0.29, 0.717) is 34.4 Å². The third kappa shape index (κ3) is 3.32. The lowest BCUT2D eigenvalue weighted by Crippen LogP contribution is -2.04. The summed E-state index contributed by atoms with van der Waals surface area (Å²) in [6.45, 7) is 0. The zero-order valence-corrected chi connectivity index (χ0v) is 13.1. The summed E-state index contributed by atoms with van der Waals surface area (Å²) in [6, 6.07) is 12.8. The van der Waals surface area contributed by atoms with E-state index >= 15 is 0 Å². The minimum absolute atomic E-state index is 0.0123. The second kappa shape index (κ2) is 6.51. The Bertz CT molecular complexity index is 796. The Morgan fingerprint density at radius 3 is 2.55 bits per heavy atom. The zero-order valence-electron chi connectivity index (χ0n) is 11.6. The summed E-state index contributed by atoms with van der Waals surface area (Å²) >= 11 is 11.9. The molecule has 5 heteroatoms. The summed E-state index contributed by atoms with van der Waals surface area (Å²) < 4.78 is 5.73. The van der Waals surface area contributed by atoms with Gasteiger partial charge in [0.05, 0.1) is 0 Å². The van der Waals surface area contributed by atoms with E-state index in [2.05, 4.69) is 4.98 Å². The first kappa shape index (κ1) is 15.1. The van der Waals surface area contributed by atoms with E-state index in [1.807, 2.05) is 24.3 Å². The topological polar surface area (TPSA) is 43.1 Å². The van der Waals surface area contributed by atoms with Gasteiger partial charge in [0.25, 0.3) is 0 Å². The van der Waals surface area contributed by atoms with E-state index in [1.165, 1.54) is 0 Å². The van der Waals surface area contributed by atoms with Crippen LogP contribution in [0.4, 0.5) is 0 Å². The zero-order chi connectivity index (χ0) is 15.5. The Hall–Kier alpha value is -1.84. The van der Waals surface area contributed by atoms with Gasteiger partial charge in [0.1, 0.15) is 11.8 Å². The molecule has 0 saturated heterocycles. The molecule has 0 fully saturated rings. The lowest BCUT2D eigenvalue weighted by molar-refractivity contribution is -0.108. The van der Waals surface area contributed by atoms with E-state index in [9.17, 15) is 4.79 Å². The van der Waals surface area contributed by atoms with Gasteiger partial charge in [0.2, 0.25) is 0 Å². The van der Waals surface area contributed by atoms with Gasteiger partial charge in [-0.15, -0.1) is 0 Å². The van der Waals surface area contributed by atoms with Crippen LogP contribution < -0.4 is 0 Å². The third-order valence-corrected chi connectivity index (χ3v) is 4.02. The van der Waals surface area contributed by atoms with Gasteiger partial charge in [0, 0.05) is 22.9 Å². The van der Waals surface area contributed by atoms with Gasteiger partial charge in [-0.2, -0.15) is 0 Å². The minimum atomic E-state index is 0.0123. The molecule has 3 aromatic rings. The number of halogens is 2. The van der Waals surface area contributed by atoms with E-state index in [4.69, 9.17) is 27.6 Å². The molecule has 2 aromatic carbocycles. The van der Waals surface area contributed by atoms with Crippen molar-refractivity contribution in [2.24, 2.45) is 0 Å². The predicted octanol–water partition coefficient (Wildman–Crippen LogP) is 5.05. The molecular weight excluding hydrogens is 321 g/mol. The van der Waals surface area contributed by atoms with Crippen molar-refractivity contribution in [2.75, 3.05) is 0 Å². The van der Waals surface area contributed by atoms with Crippen molar-refractivity contribution in [1.82, 2.24) is 4.98 Å². The summed E-state index contributed by atoms with van der Waals surface area (Å²) in [5, 5.41) is 1.29. The van der Waals surface area contributed by atoms with Crippen LogP contribution >= 0.6 is 23.2 Å². The monoisotopic (exact) mass is 333 g/mol. The van der Waals surface area contributed by atoms with Crippen molar-refractivity contribution in [3.63, 3.8) is 0 Å². The van der Waals surface area contributed by atoms with Gasteiger partial charge >= 0.3 is 0 Å². The fourth-order valence-corrected chi connectivity index (χ4v) is 2.73. The Kier molecular flexibility index (Phi) is 4.46. The standard InChI is InChI=1S/C17H13Cl2NO2/c18-13-3-1-11(2-4-13)12(7-8-21)9-17-20-15-10-14(19)5-6-16(15)22-17/h1-6,8,10,12H,7,9H2. The number of aromatic nitrogens is 1. The van der Waals surface area contributed by atoms with Crippen molar-refractivity contribution in [3.8, 4) is 0 Å². The molecule has 1 unspecified atom stereocenters. The van der Waals surface area contributed by atoms with Crippen molar-refractivity contribution in [3.05, 3.63) is 64.0 Å². The smallest absolute Gasteiger partial charge is 0.196 e. The van der Waals surface area contributed by atoms with Gasteiger partial charge in [-0.25, -0.2) is 4.98 Å². The van der Waals surface area contributed by atoms with Gasteiger partial charge < -0.3 is 9.21 Å². The molecule has 1 heterocycles. The van der Waals surface area contributed by atoms with Crippen molar-refractivity contribution in [1.29, 1.82) is 0 Å². The molecule has 0 bridgehead atoms. The van der Waals surface area contributed by atoms with Crippen LogP contribution in [0.25, 0.3) is 11.1 Å². The first-order valence-corrected chi connectivity index (χ1v) is 7.65. The lowest BCUT2D eigenvalue weighted by atomic mass is 9.93. The number of hydrogen-bond donors (Lipinski definition) is 0. The second-order valence-corrected chi connectivity index (χ2v) is 5.95. The number of benzene rings is 2. The average molecular weight is 334 g/mol. The highest BCUT2D eigenvalue weighted by Crippen LogP contribution is 2.27. The SMILES string of the molecule is O=CCC(Cc1nc2cc(Cl)ccc2o1)c1ccc(Cl)cc1. The number of rotatable bonds is 5. The molecule has 1 atom stereocenters. The quantitative estimate of drug-likeness (QED) is 0.613. The van der Waals surface area contributed by atoms with E-state index < -0.39 is 0 Å². The molecule has 112 valence electrons. The number of nitrogens with zero attached hydrogens (tertiary/aromatic N) is 1. The fraction of sp³-hybridized carbons (Fsp3) is 0.176. The van der Waals surface area contributed by atoms with Gasteiger partial charge in [-0.1, -0.05) is 35.3 Å². The van der Waals surface area contributed by atoms with Crippen LogP contribution in [0.5, 0.6) is 0 Å². The molecule has 0 aliphatic carbocycles. The number of fused-ring (bicyclic) bond motifs is 1. The predicted molar refractivity (Wildman–Crippen MR) is 87.6 cm³/mol. The molecule has 0 aliphatic heterocycles. The van der Waals surface area contributed by atoms with Crippen LogP contribution in [-0.2, 0) is 11.2 Å². The van der Waals surface area contributed by atoms with E-state index in [0.717, 1.165) is 17.4 Å². The Morgan fingerprint density at radius 2 is 1.82 bits per heavy atom. The molecule has 1 aromatic heterocycles. The molecule has 0 aliphatic rings. The lowest BCUT2D eigenvalue weighted by Gasteiger charge is -2.12. The highest BCUT2D eigenvalue weighted by Gasteiger charge is 2.16. The van der Waals surface area contributed by atoms with Crippen molar-refractivity contribution < 1.29 is 9.21 Å². The molecule has 3 rings (SSSR count). The normalized spacial score (nSPS) is 12.5. The molecule has 0 spiro atoms. The first-order chi connectivity index (χ1) is 10.7. The summed E-state index contributed by atoms with van der Waals surface area (Å²) in [6.07, 6.45) is 1.87. The van der Waals surface area contributed by atoms with Crippen LogP contribution in [0, 0.1) is 0 Å². The summed E-state index contributed by atoms with van der Waals surface area (Å²) in [5.74, 6) is 0.609. The maximum absolute atomic E-state index is 11.0. The molecule has 0 N–H and O–H groups in total. The minimum Gasteiger partial charge on any atom is -0.441 e. The van der Waals surface area contributed by atoms with E-state index in [1.54, 1.807) is 18.2 Å². The van der Waals surface area contributed by atoms with Gasteiger partial charge in [-0.3, -0.25) is 0 Å². The molecule has 0 saturated carbocycles. The number of carbonyl (C=O) groups excluding carboxylic acids is 1. The van der Waals surface area contributed by atoms with Crippen LogP contribution in [0.15, 0.2) is 46.9 Å². The first-order valence-electron chi connectivity index (χ1n) is 6.90. The number of oxazole rings is 1. The highest BCUT2D eigenvalue weighted by molar-refractivity contribution is 6.31. The second-order valence-electron chi connectivity index (χ2n) is 5.07. The van der Waals surface area contributed by atoms with Crippen LogP contribution in [0.1, 0.15) is 23.8 Å². The summed E-state index contributed by atoms with van der Waals surface area (Å²) in [4.78, 5) is 15.4. The van der Waals surface area contributed by atoms with Crippen LogP contribution in [-0.4, -0.2) is 11.3 Å². The number of aldehydes is 1. The van der Waals surface area contributed by atoms with Crippen LogP contribution in [0.2, 0.25) is 10.0 Å². The Labute approximate surface area is 137 Å². The Morgan fingerprint density at radius 1 is 1.09 bits per heavy atom. The molecule has 0 radical (unpaired) electrons. The fourth-order valence-electron chi connectivity index (χ4n) is 2.43. The highest BCUT2D eigenvalue weighted by atomic mass is 35.5. The number of hydrogen-bond acceptors (Lipinski definition) is 3. The van der Waals surface area contributed by atoms with Crippen LogP contribution in [0.3, 0.4) is 0 Å². The summed E-state index contributed by atoms with van der Waals surface area (Å²) in [7, 11) is 0. The number of carbonyl (C=O) groups is 1. The molecular formula is C17H13Cl2NO2. The van der Waals surface area contributed by atoms with E-state index in [-0.39, 0.29) is 5.92 Å². The molecule has 3 nitrogen and oxygen atoms in total. The van der Waals surface area contributed by atoms with Gasteiger partial charge in [0.15, 0.2) is 11.5 Å².